The van der Waals surface area contributed by atoms with Gasteiger partial charge in [0.2, 0.25) is 0 Å². The fourth-order valence-corrected chi connectivity index (χ4v) is 2.48. The minimum absolute atomic E-state index is 0.297. The standard InChI is InChI=1S/C17H16O2/c1-12-5-2-3-6-13(12)9-10-14-11-19-16-8-4-7-15(18)17(14)16/h2-8,11,18H,9-10H2,1H3. The van der Waals surface area contributed by atoms with Crippen LogP contribution in [0.5, 0.6) is 5.75 Å². The third-order valence-corrected chi connectivity index (χ3v) is 3.58. The van der Waals surface area contributed by atoms with Crippen molar-refractivity contribution in [3.05, 3.63) is 65.4 Å². The number of benzene rings is 2. The van der Waals surface area contributed by atoms with Gasteiger partial charge in [0.15, 0.2) is 0 Å². The molecule has 0 spiro atoms. The molecule has 19 heavy (non-hydrogen) atoms. The van der Waals surface area contributed by atoms with Gasteiger partial charge in [-0.15, -0.1) is 0 Å². The van der Waals surface area contributed by atoms with E-state index in [1.807, 2.05) is 6.07 Å². The average Bonchev–Trinajstić information content (AvgIpc) is 2.83. The van der Waals surface area contributed by atoms with Gasteiger partial charge in [-0.3, -0.25) is 0 Å². The second-order valence-electron chi connectivity index (χ2n) is 4.84. The largest absolute Gasteiger partial charge is 0.507 e. The molecule has 3 aromatic rings. The van der Waals surface area contributed by atoms with Crippen LogP contribution in [0.25, 0.3) is 11.0 Å². The minimum atomic E-state index is 0.297. The highest BCUT2D eigenvalue weighted by atomic mass is 16.3. The van der Waals surface area contributed by atoms with Crippen LogP contribution in [-0.4, -0.2) is 5.11 Å². The Labute approximate surface area is 112 Å². The number of phenolic OH excluding ortho intramolecular Hbond substituents is 1. The highest BCUT2D eigenvalue weighted by Crippen LogP contribution is 2.30. The Bertz CT molecular complexity index is 710. The van der Waals surface area contributed by atoms with Crippen molar-refractivity contribution in [2.24, 2.45) is 0 Å². The molecule has 0 atom stereocenters. The molecule has 2 aromatic carbocycles. The molecule has 3 rings (SSSR count). The van der Waals surface area contributed by atoms with Crippen molar-refractivity contribution in [3.8, 4) is 5.75 Å². The van der Waals surface area contributed by atoms with Crippen LogP contribution < -0.4 is 0 Å². The molecule has 1 aromatic heterocycles. The van der Waals surface area contributed by atoms with Crippen LogP contribution in [0.4, 0.5) is 0 Å². The van der Waals surface area contributed by atoms with Crippen molar-refractivity contribution in [1.82, 2.24) is 0 Å². The Hall–Kier alpha value is -2.22. The first-order valence-electron chi connectivity index (χ1n) is 6.48. The maximum absolute atomic E-state index is 9.93. The maximum Gasteiger partial charge on any atom is 0.137 e. The van der Waals surface area contributed by atoms with E-state index >= 15 is 0 Å². The zero-order valence-corrected chi connectivity index (χ0v) is 10.9. The van der Waals surface area contributed by atoms with Crippen LogP contribution in [0.2, 0.25) is 0 Å². The molecule has 0 saturated heterocycles. The van der Waals surface area contributed by atoms with E-state index in [0.717, 1.165) is 29.4 Å². The quantitative estimate of drug-likeness (QED) is 0.756. The molecule has 0 aliphatic carbocycles. The molecule has 0 aliphatic rings. The van der Waals surface area contributed by atoms with Gasteiger partial charge in [-0.05, 0) is 43.0 Å². The van der Waals surface area contributed by atoms with Crippen LogP contribution >= 0.6 is 0 Å². The Balaban J connectivity index is 1.89. The third kappa shape index (κ3) is 2.22. The molecule has 0 bridgehead atoms. The first-order chi connectivity index (χ1) is 9.25. The fourth-order valence-electron chi connectivity index (χ4n) is 2.48. The van der Waals surface area contributed by atoms with Crippen molar-refractivity contribution in [1.29, 1.82) is 0 Å². The van der Waals surface area contributed by atoms with Crippen LogP contribution in [-0.2, 0) is 12.8 Å². The molecular weight excluding hydrogens is 236 g/mol. The zero-order chi connectivity index (χ0) is 13.2. The smallest absolute Gasteiger partial charge is 0.137 e. The summed E-state index contributed by atoms with van der Waals surface area (Å²) >= 11 is 0. The fraction of sp³-hybridized carbons (Fsp3) is 0.176. The third-order valence-electron chi connectivity index (χ3n) is 3.58. The molecule has 0 radical (unpaired) electrons. The summed E-state index contributed by atoms with van der Waals surface area (Å²) in [6.45, 7) is 2.13. The van der Waals surface area contributed by atoms with E-state index in [2.05, 4.69) is 31.2 Å². The number of furan rings is 1. The molecule has 1 heterocycles. The molecule has 2 nitrogen and oxygen atoms in total. The molecule has 0 unspecified atom stereocenters. The summed E-state index contributed by atoms with van der Waals surface area (Å²) in [5.74, 6) is 0.297. The lowest BCUT2D eigenvalue weighted by atomic mass is 10.00. The Morgan fingerprint density at radius 3 is 2.58 bits per heavy atom. The number of fused-ring (bicyclic) bond motifs is 1. The number of rotatable bonds is 3. The molecule has 0 fully saturated rings. The van der Waals surface area contributed by atoms with Crippen molar-refractivity contribution >= 4 is 11.0 Å². The van der Waals surface area contributed by atoms with E-state index in [0.29, 0.717) is 5.75 Å². The Kier molecular flexibility index (Phi) is 3.00. The summed E-state index contributed by atoms with van der Waals surface area (Å²) in [6, 6.07) is 13.8. The van der Waals surface area contributed by atoms with Gasteiger partial charge in [0, 0.05) is 5.56 Å². The summed E-state index contributed by atoms with van der Waals surface area (Å²) < 4.78 is 5.49. The van der Waals surface area contributed by atoms with Crippen LogP contribution in [0, 0.1) is 6.92 Å². The predicted octanol–water partition coefficient (Wildman–Crippen LogP) is 4.23. The average molecular weight is 252 g/mol. The van der Waals surface area contributed by atoms with Gasteiger partial charge in [0.1, 0.15) is 11.3 Å². The molecule has 0 saturated carbocycles. The normalized spacial score (nSPS) is 11.0. The van der Waals surface area contributed by atoms with Gasteiger partial charge in [0.05, 0.1) is 11.6 Å². The van der Waals surface area contributed by atoms with Gasteiger partial charge in [-0.25, -0.2) is 0 Å². The first kappa shape index (κ1) is 11.8. The number of hydrogen-bond acceptors (Lipinski definition) is 2. The van der Waals surface area contributed by atoms with Crippen molar-refractivity contribution < 1.29 is 9.52 Å². The molecule has 0 amide bonds. The molecular formula is C17H16O2. The number of aromatic hydroxyl groups is 1. The second kappa shape index (κ2) is 4.81. The summed E-state index contributed by atoms with van der Waals surface area (Å²) in [7, 11) is 0. The minimum Gasteiger partial charge on any atom is -0.507 e. The van der Waals surface area contributed by atoms with Crippen molar-refractivity contribution in [2.75, 3.05) is 0 Å². The lowest BCUT2D eigenvalue weighted by molar-refractivity contribution is 0.481. The highest BCUT2D eigenvalue weighted by molar-refractivity contribution is 5.87. The summed E-state index contributed by atoms with van der Waals surface area (Å²) in [5, 5.41) is 10.8. The van der Waals surface area contributed by atoms with Crippen LogP contribution in [0.1, 0.15) is 16.7 Å². The Morgan fingerprint density at radius 1 is 0.947 bits per heavy atom. The van der Waals surface area contributed by atoms with Crippen molar-refractivity contribution in [2.45, 2.75) is 19.8 Å². The van der Waals surface area contributed by atoms with Crippen molar-refractivity contribution in [3.63, 3.8) is 0 Å². The van der Waals surface area contributed by atoms with Gasteiger partial charge in [0.25, 0.3) is 0 Å². The summed E-state index contributed by atoms with van der Waals surface area (Å²) in [6.07, 6.45) is 3.58. The van der Waals surface area contributed by atoms with Gasteiger partial charge < -0.3 is 9.52 Å². The predicted molar refractivity (Wildman–Crippen MR) is 76.5 cm³/mol. The van der Waals surface area contributed by atoms with Crippen LogP contribution in [0.15, 0.2) is 53.1 Å². The number of phenols is 1. The van der Waals surface area contributed by atoms with E-state index in [9.17, 15) is 5.11 Å². The van der Waals surface area contributed by atoms with E-state index in [-0.39, 0.29) is 0 Å². The number of aryl methyl sites for hydroxylation is 3. The first-order valence-corrected chi connectivity index (χ1v) is 6.48. The highest BCUT2D eigenvalue weighted by Gasteiger charge is 2.10. The lowest BCUT2D eigenvalue weighted by Crippen LogP contribution is -1.93. The zero-order valence-electron chi connectivity index (χ0n) is 10.9. The summed E-state index contributed by atoms with van der Waals surface area (Å²) in [5.41, 5.74) is 4.46. The monoisotopic (exact) mass is 252 g/mol. The van der Waals surface area contributed by atoms with E-state index < -0.39 is 0 Å². The summed E-state index contributed by atoms with van der Waals surface area (Å²) in [4.78, 5) is 0. The molecule has 1 N–H and O–H groups in total. The van der Waals surface area contributed by atoms with Crippen LogP contribution in [0.3, 0.4) is 0 Å². The number of hydrogen-bond donors (Lipinski definition) is 1. The van der Waals surface area contributed by atoms with E-state index in [4.69, 9.17) is 4.42 Å². The SMILES string of the molecule is Cc1ccccc1CCc1coc2cccc(O)c12. The maximum atomic E-state index is 9.93. The molecule has 0 aliphatic heterocycles. The topological polar surface area (TPSA) is 33.4 Å². The second-order valence-corrected chi connectivity index (χ2v) is 4.84. The lowest BCUT2D eigenvalue weighted by Gasteiger charge is -2.04. The molecule has 2 heteroatoms. The van der Waals surface area contributed by atoms with E-state index in [1.54, 1.807) is 18.4 Å². The van der Waals surface area contributed by atoms with Gasteiger partial charge in [-0.1, -0.05) is 30.3 Å². The Morgan fingerprint density at radius 2 is 1.74 bits per heavy atom. The van der Waals surface area contributed by atoms with Gasteiger partial charge >= 0.3 is 0 Å². The molecule has 96 valence electrons. The van der Waals surface area contributed by atoms with Gasteiger partial charge in [-0.2, -0.15) is 0 Å². The van der Waals surface area contributed by atoms with E-state index in [1.165, 1.54) is 11.1 Å².